The fourth-order valence-corrected chi connectivity index (χ4v) is 6.61. The first-order chi connectivity index (χ1) is 22.3. The van der Waals surface area contributed by atoms with Crippen molar-refractivity contribution in [3.8, 4) is 22.3 Å². The van der Waals surface area contributed by atoms with E-state index in [0.29, 0.717) is 13.1 Å². The third-order valence-corrected chi connectivity index (χ3v) is 8.76. The summed E-state index contributed by atoms with van der Waals surface area (Å²) in [6.07, 6.45) is 2.67. The molecule has 0 unspecified atom stereocenters. The van der Waals surface area contributed by atoms with Crippen LogP contribution in [0.3, 0.4) is 0 Å². The van der Waals surface area contributed by atoms with Gasteiger partial charge in [-0.05, 0) is 125 Å². The average Bonchev–Trinajstić information content (AvgIpc) is 3.37. The van der Waals surface area contributed by atoms with Gasteiger partial charge >= 0.3 is 12.2 Å². The lowest BCUT2D eigenvalue weighted by molar-refractivity contribution is 0.0515. The van der Waals surface area contributed by atoms with Gasteiger partial charge in [0.1, 0.15) is 11.2 Å². The topological polar surface area (TPSA) is 76.7 Å². The first-order valence-electron chi connectivity index (χ1n) is 16.4. The van der Waals surface area contributed by atoms with Gasteiger partial charge in [0.2, 0.25) is 0 Å². The van der Waals surface area contributed by atoms with Gasteiger partial charge in [-0.25, -0.2) is 9.59 Å². The third-order valence-electron chi connectivity index (χ3n) is 7.61. The number of ether oxygens (including phenoxy) is 2. The van der Waals surface area contributed by atoms with Crippen LogP contribution in [0.5, 0.6) is 0 Å². The highest BCUT2D eigenvalue weighted by Gasteiger charge is 2.16. The number of hydrogen-bond donors (Lipinski definition) is 2. The van der Waals surface area contributed by atoms with Gasteiger partial charge in [0.25, 0.3) is 0 Å². The predicted molar refractivity (Wildman–Crippen MR) is 195 cm³/mol. The Kier molecular flexibility index (Phi) is 10.6. The molecule has 5 aromatic rings. The molecule has 5 rings (SSSR count). The Morgan fingerprint density at radius 3 is 1.38 bits per heavy atom. The predicted octanol–water partition coefficient (Wildman–Crippen LogP) is 10.3. The van der Waals surface area contributed by atoms with Crippen molar-refractivity contribution in [1.29, 1.82) is 0 Å². The molecule has 1 heterocycles. The molecule has 0 aliphatic carbocycles. The van der Waals surface area contributed by atoms with E-state index >= 15 is 0 Å². The van der Waals surface area contributed by atoms with E-state index in [1.165, 1.54) is 53.6 Å². The summed E-state index contributed by atoms with van der Waals surface area (Å²) in [6, 6.07) is 30.9. The molecule has 4 aromatic carbocycles. The molecule has 0 aliphatic heterocycles. The standard InChI is InChI=1S/C40H46N2O4S/c1-39(2,3)45-37(43)41-21-9-13-27-11-7-15-29(23-27)31-17-19-35-33(25-31)34-26-32(18-20-36(34)47-35)30-16-8-12-28(24-30)14-10-22-42-38(44)46-40(4,5)6/h7-8,11-12,15-20,23-26H,9-10,13-14,21-22H2,1-6H3,(H,41,43)(H,42,44). The second-order valence-electron chi connectivity index (χ2n) is 14.0. The maximum Gasteiger partial charge on any atom is 0.407 e. The molecule has 2 N–H and O–H groups in total. The molecule has 2 amide bonds. The van der Waals surface area contributed by atoms with Crippen LogP contribution in [0.15, 0.2) is 84.9 Å². The van der Waals surface area contributed by atoms with Crippen LogP contribution in [0, 0.1) is 0 Å². The van der Waals surface area contributed by atoms with E-state index in [1.54, 1.807) is 0 Å². The summed E-state index contributed by atoms with van der Waals surface area (Å²) in [4.78, 5) is 23.9. The highest BCUT2D eigenvalue weighted by atomic mass is 32.1. The van der Waals surface area contributed by atoms with Crippen molar-refractivity contribution in [2.24, 2.45) is 0 Å². The van der Waals surface area contributed by atoms with E-state index in [2.05, 4.69) is 95.6 Å². The minimum atomic E-state index is -0.496. The molecular weight excluding hydrogens is 605 g/mol. The molecule has 7 heteroatoms. The van der Waals surface area contributed by atoms with Gasteiger partial charge in [-0.3, -0.25) is 0 Å². The van der Waals surface area contributed by atoms with Gasteiger partial charge in [0.15, 0.2) is 0 Å². The van der Waals surface area contributed by atoms with E-state index in [1.807, 2.05) is 52.9 Å². The van der Waals surface area contributed by atoms with Gasteiger partial charge < -0.3 is 20.1 Å². The van der Waals surface area contributed by atoms with Gasteiger partial charge in [0, 0.05) is 33.3 Å². The second kappa shape index (κ2) is 14.6. The third kappa shape index (κ3) is 9.82. The number of rotatable bonds is 10. The van der Waals surface area contributed by atoms with Gasteiger partial charge in [-0.2, -0.15) is 0 Å². The Hall–Kier alpha value is -4.36. The van der Waals surface area contributed by atoms with Crippen LogP contribution < -0.4 is 10.6 Å². The lowest BCUT2D eigenvalue weighted by Crippen LogP contribution is -2.33. The van der Waals surface area contributed by atoms with Crippen LogP contribution in [-0.4, -0.2) is 36.5 Å². The van der Waals surface area contributed by atoms with Crippen molar-refractivity contribution >= 4 is 43.7 Å². The molecule has 47 heavy (non-hydrogen) atoms. The Balaban J connectivity index is 1.26. The second-order valence-corrected chi connectivity index (χ2v) is 15.1. The number of benzene rings is 4. The summed E-state index contributed by atoms with van der Waals surface area (Å²) in [5, 5.41) is 8.23. The van der Waals surface area contributed by atoms with E-state index in [9.17, 15) is 9.59 Å². The molecule has 0 saturated heterocycles. The largest absolute Gasteiger partial charge is 0.444 e. The minimum absolute atomic E-state index is 0.372. The summed E-state index contributed by atoms with van der Waals surface area (Å²) in [5.74, 6) is 0. The Labute approximate surface area is 282 Å². The van der Waals surface area contributed by atoms with Gasteiger partial charge in [-0.1, -0.05) is 60.7 Å². The summed E-state index contributed by atoms with van der Waals surface area (Å²) in [5.41, 5.74) is 6.26. The number of hydrogen-bond acceptors (Lipinski definition) is 5. The number of carbonyl (C=O) groups is 2. The molecule has 1 aromatic heterocycles. The fourth-order valence-electron chi connectivity index (χ4n) is 5.54. The fraction of sp³-hybridized carbons (Fsp3) is 0.350. The van der Waals surface area contributed by atoms with E-state index in [4.69, 9.17) is 9.47 Å². The summed E-state index contributed by atoms with van der Waals surface area (Å²) < 4.78 is 13.2. The molecule has 0 spiro atoms. The highest BCUT2D eigenvalue weighted by Crippen LogP contribution is 2.38. The lowest BCUT2D eigenvalue weighted by Gasteiger charge is -2.19. The Morgan fingerprint density at radius 1 is 0.574 bits per heavy atom. The van der Waals surface area contributed by atoms with Crippen molar-refractivity contribution in [2.75, 3.05) is 13.1 Å². The summed E-state index contributed by atoms with van der Waals surface area (Å²) in [6.45, 7) is 12.3. The smallest absolute Gasteiger partial charge is 0.407 e. The van der Waals surface area contributed by atoms with E-state index < -0.39 is 11.2 Å². The number of amides is 2. The van der Waals surface area contributed by atoms with Gasteiger partial charge in [0.05, 0.1) is 0 Å². The molecule has 246 valence electrons. The quantitative estimate of drug-likeness (QED) is 0.148. The van der Waals surface area contributed by atoms with Crippen molar-refractivity contribution in [2.45, 2.75) is 78.4 Å². The maximum absolute atomic E-state index is 12.0. The molecule has 0 fully saturated rings. The normalized spacial score (nSPS) is 11.9. The Morgan fingerprint density at radius 2 is 0.979 bits per heavy atom. The SMILES string of the molecule is CC(C)(C)OC(=O)NCCCc1cccc(-c2ccc3sc4ccc(-c5cccc(CCCNC(=O)OC(C)(C)C)c5)cc4c3c2)c1. The first kappa shape index (κ1) is 34.0. The van der Waals surface area contributed by atoms with Crippen molar-refractivity contribution in [3.05, 3.63) is 96.1 Å². The average molecular weight is 651 g/mol. The van der Waals surface area contributed by atoms with E-state index in [-0.39, 0.29) is 12.2 Å². The molecular formula is C40H46N2O4S. The number of carbonyl (C=O) groups excluding carboxylic acids is 2. The summed E-state index contributed by atoms with van der Waals surface area (Å²) >= 11 is 1.82. The zero-order valence-corrected chi connectivity index (χ0v) is 29.2. The zero-order chi connectivity index (χ0) is 33.6. The molecule has 0 atom stereocenters. The molecule has 0 bridgehead atoms. The Bertz CT molecular complexity index is 1730. The molecule has 0 radical (unpaired) electrons. The van der Waals surface area contributed by atoms with Crippen LogP contribution in [0.25, 0.3) is 42.4 Å². The van der Waals surface area contributed by atoms with Gasteiger partial charge in [-0.15, -0.1) is 11.3 Å². The van der Waals surface area contributed by atoms with Crippen LogP contribution in [0.1, 0.15) is 65.5 Å². The van der Waals surface area contributed by atoms with Crippen LogP contribution in [0.2, 0.25) is 0 Å². The maximum atomic E-state index is 12.0. The monoisotopic (exact) mass is 650 g/mol. The van der Waals surface area contributed by atoms with Crippen molar-refractivity contribution < 1.29 is 19.1 Å². The number of alkyl carbamates (subject to hydrolysis) is 2. The first-order valence-corrected chi connectivity index (χ1v) is 17.2. The van der Waals surface area contributed by atoms with Crippen molar-refractivity contribution in [1.82, 2.24) is 10.6 Å². The number of nitrogens with one attached hydrogen (secondary N) is 2. The lowest BCUT2D eigenvalue weighted by atomic mass is 9.97. The summed E-state index contributed by atoms with van der Waals surface area (Å²) in [7, 11) is 0. The minimum Gasteiger partial charge on any atom is -0.444 e. The van der Waals surface area contributed by atoms with E-state index in [0.717, 1.165) is 25.7 Å². The molecule has 0 aliphatic rings. The highest BCUT2D eigenvalue weighted by molar-refractivity contribution is 7.25. The number of aryl methyl sites for hydroxylation is 2. The molecule has 0 saturated carbocycles. The van der Waals surface area contributed by atoms with Crippen molar-refractivity contribution in [3.63, 3.8) is 0 Å². The van der Waals surface area contributed by atoms with Crippen LogP contribution >= 0.6 is 11.3 Å². The molecule has 6 nitrogen and oxygen atoms in total. The van der Waals surface area contributed by atoms with Crippen LogP contribution in [-0.2, 0) is 22.3 Å². The number of thiophene rings is 1. The zero-order valence-electron chi connectivity index (χ0n) is 28.4. The number of fused-ring (bicyclic) bond motifs is 3. The van der Waals surface area contributed by atoms with Crippen LogP contribution in [0.4, 0.5) is 9.59 Å².